The third-order valence-electron chi connectivity index (χ3n) is 2.14. The van der Waals surface area contributed by atoms with Crippen LogP contribution in [0.5, 0.6) is 0 Å². The fraction of sp³-hybridized carbons (Fsp3) is 0.875. The van der Waals surface area contributed by atoms with Gasteiger partial charge in [0.05, 0.1) is 0 Å². The summed E-state index contributed by atoms with van der Waals surface area (Å²) in [5.74, 6) is -1.04. The summed E-state index contributed by atoms with van der Waals surface area (Å²) in [5.41, 5.74) is 0. The van der Waals surface area contributed by atoms with Crippen LogP contribution in [0.3, 0.4) is 0 Å². The molecule has 0 aromatic carbocycles. The molecule has 1 aliphatic rings. The smallest absolute Gasteiger partial charge is 0.338 e. The maximum absolute atomic E-state index is 12.7. The van der Waals surface area contributed by atoms with Crippen LogP contribution in [0.25, 0.3) is 0 Å². The van der Waals surface area contributed by atoms with E-state index in [1.54, 1.807) is 6.92 Å². The van der Waals surface area contributed by atoms with Gasteiger partial charge in [0.2, 0.25) is 0 Å². The Hall–Kier alpha value is -0.600. The molecule has 2 nitrogen and oxygen atoms in total. The number of alkyl halides is 1. The van der Waals surface area contributed by atoms with E-state index in [1.807, 2.05) is 0 Å². The summed E-state index contributed by atoms with van der Waals surface area (Å²) in [7, 11) is 0. The number of carboxylic acids is 1. The molecule has 0 bridgehead atoms. The largest absolute Gasteiger partial charge is 0.479 e. The summed E-state index contributed by atoms with van der Waals surface area (Å²) in [6.07, 6.45) is 1.36. The number of hydrogen-bond acceptors (Lipinski definition) is 1. The zero-order chi connectivity index (χ0) is 8.43. The van der Waals surface area contributed by atoms with Gasteiger partial charge in [0.1, 0.15) is 0 Å². The molecular weight excluding hydrogens is 147 g/mol. The molecule has 64 valence electrons. The van der Waals surface area contributed by atoms with E-state index in [4.69, 9.17) is 5.11 Å². The Morgan fingerprint density at radius 3 is 2.64 bits per heavy atom. The number of rotatable bonds is 4. The number of carbonyl (C=O) groups is 1. The lowest BCUT2D eigenvalue weighted by Crippen LogP contribution is -2.23. The molecule has 1 aliphatic carbocycles. The molecule has 0 heterocycles. The van der Waals surface area contributed by atoms with Gasteiger partial charge in [-0.05, 0) is 18.3 Å². The molecule has 11 heavy (non-hydrogen) atoms. The van der Waals surface area contributed by atoms with E-state index in [2.05, 4.69) is 0 Å². The van der Waals surface area contributed by atoms with Gasteiger partial charge in [-0.2, -0.15) is 0 Å². The molecule has 1 fully saturated rings. The maximum Gasteiger partial charge on any atom is 0.338 e. The van der Waals surface area contributed by atoms with Crippen LogP contribution >= 0.6 is 0 Å². The Balaban J connectivity index is 2.26. The van der Waals surface area contributed by atoms with Crippen molar-refractivity contribution in [2.45, 2.75) is 32.4 Å². The van der Waals surface area contributed by atoms with E-state index in [9.17, 15) is 9.18 Å². The van der Waals surface area contributed by atoms with Crippen molar-refractivity contribution >= 4 is 5.97 Å². The average molecular weight is 160 g/mol. The summed E-state index contributed by atoms with van der Waals surface area (Å²) in [6, 6.07) is 0. The van der Waals surface area contributed by atoms with Gasteiger partial charge >= 0.3 is 5.97 Å². The molecule has 1 saturated carbocycles. The quantitative estimate of drug-likeness (QED) is 0.681. The molecule has 2 unspecified atom stereocenters. The van der Waals surface area contributed by atoms with E-state index in [-0.39, 0.29) is 5.92 Å². The summed E-state index contributed by atoms with van der Waals surface area (Å²) in [6.45, 7) is 1.66. The van der Waals surface area contributed by atoms with E-state index in [0.717, 1.165) is 19.3 Å². The van der Waals surface area contributed by atoms with Crippen molar-refractivity contribution in [2.75, 3.05) is 0 Å². The SMILES string of the molecule is CC(CC1CC1)C(F)C(=O)O. The van der Waals surface area contributed by atoms with Gasteiger partial charge in [-0.25, -0.2) is 9.18 Å². The molecule has 1 rings (SSSR count). The Morgan fingerprint density at radius 1 is 1.73 bits per heavy atom. The Kier molecular flexibility index (Phi) is 2.47. The van der Waals surface area contributed by atoms with E-state index >= 15 is 0 Å². The first-order valence-electron chi connectivity index (χ1n) is 3.98. The monoisotopic (exact) mass is 160 g/mol. The van der Waals surface area contributed by atoms with Crippen molar-refractivity contribution in [3.63, 3.8) is 0 Å². The molecule has 0 aromatic rings. The van der Waals surface area contributed by atoms with Crippen LogP contribution < -0.4 is 0 Å². The molecule has 0 saturated heterocycles. The van der Waals surface area contributed by atoms with Gasteiger partial charge in [0.15, 0.2) is 6.17 Å². The maximum atomic E-state index is 12.7. The van der Waals surface area contributed by atoms with Crippen LogP contribution in [0.1, 0.15) is 26.2 Å². The first-order valence-corrected chi connectivity index (χ1v) is 3.98. The van der Waals surface area contributed by atoms with Crippen molar-refractivity contribution < 1.29 is 14.3 Å². The van der Waals surface area contributed by atoms with Gasteiger partial charge in [0, 0.05) is 0 Å². The Bertz CT molecular complexity index is 154. The van der Waals surface area contributed by atoms with Crippen molar-refractivity contribution in [2.24, 2.45) is 11.8 Å². The zero-order valence-electron chi connectivity index (χ0n) is 6.59. The minimum absolute atomic E-state index is 0.319. The van der Waals surface area contributed by atoms with Crippen molar-refractivity contribution in [1.82, 2.24) is 0 Å². The Labute approximate surface area is 65.4 Å². The second-order valence-corrected chi connectivity index (χ2v) is 3.40. The highest BCUT2D eigenvalue weighted by Gasteiger charge is 2.30. The third-order valence-corrected chi connectivity index (χ3v) is 2.14. The minimum Gasteiger partial charge on any atom is -0.479 e. The first-order chi connectivity index (χ1) is 5.11. The lowest BCUT2D eigenvalue weighted by atomic mass is 9.99. The molecule has 0 amide bonds. The van der Waals surface area contributed by atoms with Crippen LogP contribution in [-0.4, -0.2) is 17.2 Å². The predicted molar refractivity (Wildman–Crippen MR) is 39.0 cm³/mol. The van der Waals surface area contributed by atoms with Crippen LogP contribution in [0, 0.1) is 11.8 Å². The third kappa shape index (κ3) is 2.48. The molecule has 0 aromatic heterocycles. The molecule has 3 heteroatoms. The Morgan fingerprint density at radius 2 is 2.27 bits per heavy atom. The second-order valence-electron chi connectivity index (χ2n) is 3.40. The summed E-state index contributed by atoms with van der Waals surface area (Å²) in [4.78, 5) is 10.2. The highest BCUT2D eigenvalue weighted by Crippen LogP contribution is 2.36. The van der Waals surface area contributed by atoms with Crippen molar-refractivity contribution in [3.05, 3.63) is 0 Å². The predicted octanol–water partition coefficient (Wildman–Crippen LogP) is 1.85. The van der Waals surface area contributed by atoms with E-state index in [1.165, 1.54) is 0 Å². The van der Waals surface area contributed by atoms with Crippen molar-refractivity contribution in [3.8, 4) is 0 Å². The van der Waals surface area contributed by atoms with Crippen molar-refractivity contribution in [1.29, 1.82) is 0 Å². The second kappa shape index (κ2) is 3.20. The lowest BCUT2D eigenvalue weighted by Gasteiger charge is -2.11. The van der Waals surface area contributed by atoms with Crippen LogP contribution in [0.15, 0.2) is 0 Å². The zero-order valence-corrected chi connectivity index (χ0v) is 6.59. The summed E-state index contributed by atoms with van der Waals surface area (Å²) in [5, 5.41) is 8.31. The van der Waals surface area contributed by atoms with Gasteiger partial charge in [-0.15, -0.1) is 0 Å². The normalized spacial score (nSPS) is 22.7. The number of carboxylic acid groups (broad SMARTS) is 1. The van der Waals surface area contributed by atoms with E-state index in [0.29, 0.717) is 5.92 Å². The molecular formula is C8H13FO2. The molecule has 0 aliphatic heterocycles. The van der Waals surface area contributed by atoms with Crippen LogP contribution in [0.4, 0.5) is 4.39 Å². The number of aliphatic carboxylic acids is 1. The van der Waals surface area contributed by atoms with Crippen LogP contribution in [0.2, 0.25) is 0 Å². The lowest BCUT2D eigenvalue weighted by molar-refractivity contribution is -0.144. The highest BCUT2D eigenvalue weighted by atomic mass is 19.1. The molecule has 0 radical (unpaired) electrons. The van der Waals surface area contributed by atoms with Gasteiger partial charge in [-0.3, -0.25) is 0 Å². The van der Waals surface area contributed by atoms with Gasteiger partial charge in [-0.1, -0.05) is 19.8 Å². The first kappa shape index (κ1) is 8.50. The molecule has 0 spiro atoms. The fourth-order valence-electron chi connectivity index (χ4n) is 1.24. The highest BCUT2D eigenvalue weighted by molar-refractivity contribution is 5.72. The summed E-state index contributed by atoms with van der Waals surface area (Å²) >= 11 is 0. The topological polar surface area (TPSA) is 37.3 Å². The molecule has 1 N–H and O–H groups in total. The number of halogens is 1. The fourth-order valence-corrected chi connectivity index (χ4v) is 1.24. The van der Waals surface area contributed by atoms with E-state index < -0.39 is 12.1 Å². The number of hydrogen-bond donors (Lipinski definition) is 1. The van der Waals surface area contributed by atoms with Gasteiger partial charge < -0.3 is 5.11 Å². The minimum atomic E-state index is -1.67. The standard InChI is InChI=1S/C8H13FO2/c1-5(4-6-2-3-6)7(9)8(10)11/h5-7H,2-4H2,1H3,(H,10,11). The molecule has 2 atom stereocenters. The van der Waals surface area contributed by atoms with Gasteiger partial charge in [0.25, 0.3) is 0 Å². The summed E-state index contributed by atoms with van der Waals surface area (Å²) < 4.78 is 12.7. The average Bonchev–Trinajstić information content (AvgIpc) is 2.69. The van der Waals surface area contributed by atoms with Crippen LogP contribution in [-0.2, 0) is 4.79 Å².